The van der Waals surface area contributed by atoms with Crippen LogP contribution in [0.15, 0.2) is 17.1 Å². The molecule has 0 aliphatic heterocycles. The lowest BCUT2D eigenvalue weighted by atomic mass is 10.1. The molecule has 110 valence electrons. The number of ether oxygens (including phenoxy) is 1. The van der Waals surface area contributed by atoms with Crippen LogP contribution < -0.4 is 11.4 Å². The number of esters is 1. The summed E-state index contributed by atoms with van der Waals surface area (Å²) in [4.78, 5) is 39.4. The van der Waals surface area contributed by atoms with Crippen LogP contribution in [0.1, 0.15) is 33.6 Å². The summed E-state index contributed by atoms with van der Waals surface area (Å²) in [5.41, 5.74) is -1.71. The molecule has 1 aliphatic carbocycles. The van der Waals surface area contributed by atoms with E-state index in [4.69, 9.17) is 12.4 Å². The first-order valence-electron chi connectivity index (χ1n) is 6.13. The van der Waals surface area contributed by atoms with Gasteiger partial charge in [0.1, 0.15) is 0 Å². The Morgan fingerprint density at radius 1 is 1.48 bits per heavy atom. The number of rotatable bonds is 3. The minimum Gasteiger partial charge on any atom is -0.465 e. The molecule has 1 saturated carbocycles. The highest BCUT2D eigenvalue weighted by Crippen LogP contribution is 2.44. The Hall–Kier alpha value is -2.66. The first kappa shape index (κ1) is 14.7. The minimum atomic E-state index is -0.948. The lowest BCUT2D eigenvalue weighted by molar-refractivity contribution is 0.0591. The quantitative estimate of drug-likeness (QED) is 0.276. The molecule has 2 rings (SSSR count). The fraction of sp³-hybridized carbons (Fsp3) is 0.385. The number of nitrogens with two attached hydrogens (primary N) is 1. The lowest BCUT2D eigenvalue weighted by Crippen LogP contribution is -2.37. The van der Waals surface area contributed by atoms with Gasteiger partial charge in [-0.05, 0) is 0 Å². The van der Waals surface area contributed by atoms with Gasteiger partial charge in [-0.3, -0.25) is 19.4 Å². The normalized spacial score (nSPS) is 15.0. The second kappa shape index (κ2) is 5.03. The van der Waals surface area contributed by atoms with E-state index in [1.54, 1.807) is 0 Å². The van der Waals surface area contributed by atoms with Gasteiger partial charge in [-0.2, -0.15) is 0 Å². The van der Waals surface area contributed by atoms with E-state index in [1.165, 1.54) is 24.9 Å². The molecule has 1 amide bonds. The fourth-order valence-electron chi connectivity index (χ4n) is 2.02. The van der Waals surface area contributed by atoms with E-state index in [-0.39, 0.29) is 11.1 Å². The van der Waals surface area contributed by atoms with Crippen molar-refractivity contribution >= 4 is 11.9 Å². The lowest BCUT2D eigenvalue weighted by Gasteiger charge is -2.15. The Morgan fingerprint density at radius 3 is 2.52 bits per heavy atom. The van der Waals surface area contributed by atoms with E-state index in [2.05, 4.69) is 9.58 Å². The Morgan fingerprint density at radius 2 is 2.10 bits per heavy atom. The maximum Gasteiger partial charge on any atom is 0.340 e. The van der Waals surface area contributed by atoms with Crippen LogP contribution in [0.25, 0.3) is 4.85 Å². The molecule has 1 aromatic heterocycles. The SMILES string of the molecule is [C-]#[N+]C1(n2cc(C(=O)OC)c(C(=O)N(C)N)cc2=O)CC1. The number of carbonyl (C=O) groups excluding carboxylic acids is 2. The summed E-state index contributed by atoms with van der Waals surface area (Å²) in [5, 5.41) is 0.771. The molecule has 0 bridgehead atoms. The third-order valence-electron chi connectivity index (χ3n) is 3.36. The van der Waals surface area contributed by atoms with E-state index in [1.807, 2.05) is 0 Å². The van der Waals surface area contributed by atoms with Crippen molar-refractivity contribution in [2.45, 2.75) is 18.5 Å². The highest BCUT2D eigenvalue weighted by molar-refractivity contribution is 6.04. The monoisotopic (exact) mass is 290 g/mol. The first-order chi connectivity index (χ1) is 9.86. The molecule has 0 spiro atoms. The van der Waals surface area contributed by atoms with Crippen LogP contribution in [-0.2, 0) is 10.4 Å². The van der Waals surface area contributed by atoms with E-state index in [0.29, 0.717) is 12.8 Å². The van der Waals surface area contributed by atoms with Gasteiger partial charge < -0.3 is 4.74 Å². The zero-order valence-corrected chi connectivity index (χ0v) is 11.6. The zero-order chi connectivity index (χ0) is 15.8. The number of aromatic nitrogens is 1. The molecule has 0 unspecified atom stereocenters. The summed E-state index contributed by atoms with van der Waals surface area (Å²) in [6.07, 6.45) is 2.26. The van der Waals surface area contributed by atoms with Crippen LogP contribution in [0.2, 0.25) is 0 Å². The maximum atomic E-state index is 12.1. The second-order valence-electron chi connectivity index (χ2n) is 4.81. The van der Waals surface area contributed by atoms with E-state index in [0.717, 1.165) is 11.1 Å². The van der Waals surface area contributed by atoms with Crippen LogP contribution in [0.3, 0.4) is 0 Å². The molecule has 8 nitrogen and oxygen atoms in total. The molecule has 1 aromatic rings. The average molecular weight is 290 g/mol. The van der Waals surface area contributed by atoms with E-state index >= 15 is 0 Å². The van der Waals surface area contributed by atoms with Crippen molar-refractivity contribution < 1.29 is 14.3 Å². The highest BCUT2D eigenvalue weighted by Gasteiger charge is 2.54. The summed E-state index contributed by atoms with van der Waals surface area (Å²) in [6.45, 7) is 7.19. The molecule has 8 heteroatoms. The van der Waals surface area contributed by atoms with Gasteiger partial charge in [0.2, 0.25) is 0 Å². The van der Waals surface area contributed by atoms with E-state index in [9.17, 15) is 14.4 Å². The van der Waals surface area contributed by atoms with Crippen LogP contribution in [0.4, 0.5) is 0 Å². The van der Waals surface area contributed by atoms with Crippen LogP contribution >= 0.6 is 0 Å². The smallest absolute Gasteiger partial charge is 0.340 e. The van der Waals surface area contributed by atoms with Crippen molar-refractivity contribution in [2.24, 2.45) is 5.84 Å². The third-order valence-corrected chi connectivity index (χ3v) is 3.36. The maximum absolute atomic E-state index is 12.1. The number of hydrogen-bond acceptors (Lipinski definition) is 5. The van der Waals surface area contributed by atoms with Crippen molar-refractivity contribution in [3.8, 4) is 0 Å². The number of hydrazine groups is 1. The van der Waals surface area contributed by atoms with E-state index < -0.39 is 23.1 Å². The summed E-state index contributed by atoms with van der Waals surface area (Å²) in [5.74, 6) is 3.91. The van der Waals surface area contributed by atoms with Gasteiger partial charge >= 0.3 is 11.6 Å². The number of hydrogen-bond donors (Lipinski definition) is 1. The standard InChI is InChI=1S/C13H14N4O4/c1-15-13(4-5-13)17-7-9(12(20)21-3)8(6-10(17)18)11(19)16(2)14/h6-7H,4-5,14H2,2-3H3. The van der Waals surface area contributed by atoms with Crippen molar-refractivity contribution in [1.29, 1.82) is 0 Å². The van der Waals surface area contributed by atoms with Crippen LogP contribution in [0.5, 0.6) is 0 Å². The van der Waals surface area contributed by atoms with Crippen molar-refractivity contribution in [2.75, 3.05) is 14.2 Å². The van der Waals surface area contributed by atoms with Gasteiger partial charge in [0, 0.05) is 19.3 Å². The summed E-state index contributed by atoms with van der Waals surface area (Å²) < 4.78 is 5.81. The third kappa shape index (κ3) is 2.39. The average Bonchev–Trinajstić information content (AvgIpc) is 3.26. The van der Waals surface area contributed by atoms with Crippen molar-refractivity contribution in [1.82, 2.24) is 9.58 Å². The second-order valence-corrected chi connectivity index (χ2v) is 4.81. The van der Waals surface area contributed by atoms with Gasteiger partial charge in [0.15, 0.2) is 0 Å². The molecular formula is C13H14N4O4. The molecule has 1 aliphatic rings. The first-order valence-corrected chi connectivity index (χ1v) is 6.13. The topological polar surface area (TPSA) is 99.0 Å². The molecule has 1 heterocycles. The number of carbonyl (C=O) groups is 2. The molecule has 0 aromatic carbocycles. The van der Waals surface area contributed by atoms with Crippen molar-refractivity contribution in [3.63, 3.8) is 0 Å². The van der Waals surface area contributed by atoms with Crippen LogP contribution in [0, 0.1) is 6.57 Å². The Kier molecular flexibility index (Phi) is 3.53. The Bertz CT molecular complexity index is 710. The zero-order valence-electron chi connectivity index (χ0n) is 11.6. The van der Waals surface area contributed by atoms with Crippen LogP contribution in [-0.4, -0.2) is 35.6 Å². The summed E-state index contributed by atoms with van der Waals surface area (Å²) in [7, 11) is 2.47. The van der Waals surface area contributed by atoms with Crippen molar-refractivity contribution in [3.05, 3.63) is 45.2 Å². The molecule has 0 atom stereocenters. The molecular weight excluding hydrogens is 276 g/mol. The molecule has 21 heavy (non-hydrogen) atoms. The molecule has 0 radical (unpaired) electrons. The van der Waals surface area contributed by atoms with Gasteiger partial charge in [0.05, 0.1) is 31.1 Å². The summed E-state index contributed by atoms with van der Waals surface area (Å²) in [6, 6.07) is 1.02. The largest absolute Gasteiger partial charge is 0.465 e. The predicted molar refractivity (Wildman–Crippen MR) is 72.1 cm³/mol. The molecule has 1 fully saturated rings. The highest BCUT2D eigenvalue weighted by atomic mass is 16.5. The Balaban J connectivity index is 2.66. The molecule has 2 N–H and O–H groups in total. The van der Waals surface area contributed by atoms with Gasteiger partial charge in [0.25, 0.3) is 11.5 Å². The minimum absolute atomic E-state index is 0.0886. The van der Waals surface area contributed by atoms with Gasteiger partial charge in [-0.1, -0.05) is 0 Å². The fourth-order valence-corrected chi connectivity index (χ4v) is 2.02. The number of methoxy groups -OCH3 is 1. The summed E-state index contributed by atoms with van der Waals surface area (Å²) >= 11 is 0. The number of nitrogens with zero attached hydrogens (tertiary/aromatic N) is 3. The Labute approximate surface area is 120 Å². The van der Waals surface area contributed by atoms with Gasteiger partial charge in [-0.25, -0.2) is 21.8 Å². The predicted octanol–water partition coefficient (Wildman–Crippen LogP) is -0.0535. The van der Waals surface area contributed by atoms with Gasteiger partial charge in [-0.15, -0.1) is 0 Å². The number of pyridine rings is 1. The molecule has 0 saturated heterocycles. The number of amides is 1.